The number of benzene rings is 2. The molecule has 0 saturated heterocycles. The van der Waals surface area contributed by atoms with E-state index in [9.17, 15) is 0 Å². The predicted molar refractivity (Wildman–Crippen MR) is 85.2 cm³/mol. The Labute approximate surface area is 132 Å². The molecule has 3 rings (SSSR count). The molecule has 1 unspecified atom stereocenters. The van der Waals surface area contributed by atoms with Gasteiger partial charge in [-0.05, 0) is 46.6 Å². The van der Waals surface area contributed by atoms with E-state index in [-0.39, 0.29) is 12.1 Å². The largest absolute Gasteiger partial charge is 0.485 e. The fraction of sp³-hybridized carbons (Fsp3) is 0.250. The minimum Gasteiger partial charge on any atom is -0.485 e. The van der Waals surface area contributed by atoms with Crippen LogP contribution in [0.15, 0.2) is 40.9 Å². The van der Waals surface area contributed by atoms with Crippen molar-refractivity contribution in [3.8, 4) is 5.75 Å². The maximum Gasteiger partial charge on any atom is 0.126 e. The Bertz CT molecular complexity index is 659. The van der Waals surface area contributed by atoms with Crippen molar-refractivity contribution < 1.29 is 4.74 Å². The first kappa shape index (κ1) is 13.9. The summed E-state index contributed by atoms with van der Waals surface area (Å²) in [4.78, 5) is 0. The number of aryl methyl sites for hydroxylation is 1. The van der Waals surface area contributed by atoms with Gasteiger partial charge in [0.05, 0.1) is 5.02 Å². The Morgan fingerprint density at radius 1 is 1.25 bits per heavy atom. The summed E-state index contributed by atoms with van der Waals surface area (Å²) in [5, 5.41) is 0.689. The van der Waals surface area contributed by atoms with E-state index in [1.165, 1.54) is 5.56 Å². The summed E-state index contributed by atoms with van der Waals surface area (Å²) in [6, 6.07) is 12.0. The van der Waals surface area contributed by atoms with Crippen molar-refractivity contribution in [2.75, 3.05) is 0 Å². The first-order chi connectivity index (χ1) is 9.54. The molecule has 2 N–H and O–H groups in total. The van der Waals surface area contributed by atoms with Crippen LogP contribution in [0.25, 0.3) is 0 Å². The van der Waals surface area contributed by atoms with Crippen LogP contribution in [0.2, 0.25) is 5.02 Å². The molecular weight excluding hydrogens is 338 g/mol. The lowest BCUT2D eigenvalue weighted by molar-refractivity contribution is 0.161. The second-order valence-electron chi connectivity index (χ2n) is 5.16. The molecule has 0 saturated carbocycles. The lowest BCUT2D eigenvalue weighted by atomic mass is 9.93. The quantitative estimate of drug-likeness (QED) is 0.789. The van der Waals surface area contributed by atoms with Gasteiger partial charge in [0.25, 0.3) is 0 Å². The number of hydrogen-bond acceptors (Lipinski definition) is 2. The minimum absolute atomic E-state index is 0.00827. The normalized spacial score (nSPS) is 21.2. The van der Waals surface area contributed by atoms with Crippen LogP contribution in [0.3, 0.4) is 0 Å². The molecule has 1 aliphatic rings. The van der Waals surface area contributed by atoms with E-state index < -0.39 is 0 Å². The van der Waals surface area contributed by atoms with Crippen molar-refractivity contribution in [1.82, 2.24) is 0 Å². The molecule has 0 spiro atoms. The summed E-state index contributed by atoms with van der Waals surface area (Å²) in [5.74, 6) is 0.874. The van der Waals surface area contributed by atoms with Crippen LogP contribution in [0.1, 0.15) is 35.3 Å². The fourth-order valence-corrected chi connectivity index (χ4v) is 2.98. The zero-order chi connectivity index (χ0) is 14.3. The van der Waals surface area contributed by atoms with E-state index in [1.54, 1.807) is 0 Å². The Balaban J connectivity index is 1.94. The second-order valence-corrected chi connectivity index (χ2v) is 6.43. The number of hydrogen-bond donors (Lipinski definition) is 1. The van der Waals surface area contributed by atoms with E-state index >= 15 is 0 Å². The van der Waals surface area contributed by atoms with Crippen molar-refractivity contribution in [3.63, 3.8) is 0 Å². The third-order valence-corrected chi connectivity index (χ3v) is 4.85. The van der Waals surface area contributed by atoms with E-state index in [0.717, 1.165) is 27.8 Å². The van der Waals surface area contributed by atoms with Gasteiger partial charge in [-0.15, -0.1) is 0 Å². The fourth-order valence-electron chi connectivity index (χ4n) is 2.54. The summed E-state index contributed by atoms with van der Waals surface area (Å²) in [7, 11) is 0. The Hall–Kier alpha value is -1.03. The van der Waals surface area contributed by atoms with Crippen LogP contribution < -0.4 is 10.5 Å². The molecule has 2 atom stereocenters. The second kappa shape index (κ2) is 5.40. The van der Waals surface area contributed by atoms with Crippen molar-refractivity contribution in [2.45, 2.75) is 25.5 Å². The van der Waals surface area contributed by atoms with Crippen molar-refractivity contribution in [2.24, 2.45) is 5.73 Å². The van der Waals surface area contributed by atoms with Gasteiger partial charge in [-0.2, -0.15) is 0 Å². The standard InChI is InChI=1S/C16H15BrClNO/c1-9-2-5-15-11(6-9)14(19)8-16(20-15)10-3-4-12(17)13(18)7-10/h2-7,14,16H,8,19H2,1H3/t14-,16?/m1/s1. The van der Waals surface area contributed by atoms with Gasteiger partial charge < -0.3 is 10.5 Å². The molecule has 104 valence electrons. The van der Waals surface area contributed by atoms with Gasteiger partial charge in [-0.1, -0.05) is 35.4 Å². The maximum absolute atomic E-state index is 6.29. The van der Waals surface area contributed by atoms with Crippen LogP contribution in [0, 0.1) is 6.92 Å². The van der Waals surface area contributed by atoms with Crippen LogP contribution in [-0.2, 0) is 0 Å². The molecule has 4 heteroatoms. The first-order valence-electron chi connectivity index (χ1n) is 6.52. The number of fused-ring (bicyclic) bond motifs is 1. The summed E-state index contributed by atoms with van der Waals surface area (Å²) in [5.41, 5.74) is 9.63. The highest BCUT2D eigenvalue weighted by atomic mass is 79.9. The van der Waals surface area contributed by atoms with Gasteiger partial charge in [0.15, 0.2) is 0 Å². The van der Waals surface area contributed by atoms with E-state index in [2.05, 4.69) is 28.9 Å². The number of nitrogens with two attached hydrogens (primary N) is 1. The number of ether oxygens (including phenoxy) is 1. The minimum atomic E-state index is -0.0502. The summed E-state index contributed by atoms with van der Waals surface area (Å²) < 4.78 is 6.97. The Morgan fingerprint density at radius 3 is 2.80 bits per heavy atom. The van der Waals surface area contributed by atoms with Crippen LogP contribution >= 0.6 is 27.5 Å². The van der Waals surface area contributed by atoms with E-state index in [4.69, 9.17) is 22.1 Å². The van der Waals surface area contributed by atoms with Gasteiger partial charge in [0.2, 0.25) is 0 Å². The molecule has 0 bridgehead atoms. The molecule has 2 aromatic carbocycles. The smallest absolute Gasteiger partial charge is 0.126 e. The predicted octanol–water partition coefficient (Wildman–Crippen LogP) is 4.93. The first-order valence-corrected chi connectivity index (χ1v) is 7.69. The van der Waals surface area contributed by atoms with Crippen LogP contribution in [0.5, 0.6) is 5.75 Å². The maximum atomic E-state index is 6.29. The molecule has 0 aromatic heterocycles. The van der Waals surface area contributed by atoms with E-state index in [0.29, 0.717) is 5.02 Å². The summed E-state index contributed by atoms with van der Waals surface area (Å²) >= 11 is 9.56. The van der Waals surface area contributed by atoms with Crippen LogP contribution in [0.4, 0.5) is 0 Å². The highest BCUT2D eigenvalue weighted by molar-refractivity contribution is 9.10. The zero-order valence-electron chi connectivity index (χ0n) is 11.1. The van der Waals surface area contributed by atoms with Crippen LogP contribution in [-0.4, -0.2) is 0 Å². The molecule has 0 radical (unpaired) electrons. The number of rotatable bonds is 1. The van der Waals surface area contributed by atoms with Gasteiger partial charge in [0.1, 0.15) is 11.9 Å². The Morgan fingerprint density at radius 2 is 2.05 bits per heavy atom. The third-order valence-electron chi connectivity index (χ3n) is 3.62. The van der Waals surface area contributed by atoms with E-state index in [1.807, 2.05) is 30.3 Å². The molecule has 1 aliphatic heterocycles. The topological polar surface area (TPSA) is 35.2 Å². The van der Waals surface area contributed by atoms with Gasteiger partial charge >= 0.3 is 0 Å². The van der Waals surface area contributed by atoms with Crippen molar-refractivity contribution >= 4 is 27.5 Å². The molecule has 0 amide bonds. The SMILES string of the molecule is Cc1ccc2c(c1)[C@H](N)CC(c1ccc(Br)c(Cl)c1)O2. The molecule has 2 aromatic rings. The summed E-state index contributed by atoms with van der Waals surface area (Å²) in [6.45, 7) is 2.06. The van der Waals surface area contributed by atoms with Gasteiger partial charge in [0, 0.05) is 22.5 Å². The lowest BCUT2D eigenvalue weighted by Crippen LogP contribution is -2.24. The number of halogens is 2. The van der Waals surface area contributed by atoms with Crippen molar-refractivity contribution in [1.29, 1.82) is 0 Å². The average Bonchev–Trinajstić information content (AvgIpc) is 2.42. The summed E-state index contributed by atoms with van der Waals surface area (Å²) in [6.07, 6.45) is 0.708. The molecule has 1 heterocycles. The molecule has 0 fully saturated rings. The average molecular weight is 353 g/mol. The molecule has 20 heavy (non-hydrogen) atoms. The molecule has 2 nitrogen and oxygen atoms in total. The zero-order valence-corrected chi connectivity index (χ0v) is 13.4. The lowest BCUT2D eigenvalue weighted by Gasteiger charge is -2.31. The highest BCUT2D eigenvalue weighted by Gasteiger charge is 2.27. The third kappa shape index (κ3) is 2.58. The molecule has 0 aliphatic carbocycles. The molecular formula is C16H15BrClNO. The van der Waals surface area contributed by atoms with Gasteiger partial charge in [-0.3, -0.25) is 0 Å². The monoisotopic (exact) mass is 351 g/mol. The highest BCUT2D eigenvalue weighted by Crippen LogP contribution is 2.40. The Kier molecular flexibility index (Phi) is 3.76. The van der Waals surface area contributed by atoms with Crippen molar-refractivity contribution in [3.05, 3.63) is 62.6 Å². The van der Waals surface area contributed by atoms with Gasteiger partial charge in [-0.25, -0.2) is 0 Å².